The molecule has 0 bridgehead atoms. The molecule has 0 saturated heterocycles. The van der Waals surface area contributed by atoms with Gasteiger partial charge >= 0.3 is 0 Å². The third-order valence-electron chi connectivity index (χ3n) is 6.53. The Morgan fingerprint density at radius 3 is 2.59 bits per heavy atom. The van der Waals surface area contributed by atoms with Crippen LogP contribution in [0.1, 0.15) is 34.4 Å². The smallest absolute Gasteiger partial charge is 0.226 e. The Kier molecular flexibility index (Phi) is 4.76. The highest BCUT2D eigenvalue weighted by molar-refractivity contribution is 5.85. The first-order valence-corrected chi connectivity index (χ1v) is 11.1. The van der Waals surface area contributed by atoms with E-state index in [1.165, 1.54) is 5.56 Å². The van der Waals surface area contributed by atoms with Crippen molar-refractivity contribution in [2.24, 2.45) is 0 Å². The number of ether oxygens (including phenoxy) is 3. The number of para-hydroxylation sites is 1. The molecule has 34 heavy (non-hydrogen) atoms. The Balaban J connectivity index is 1.64. The summed E-state index contributed by atoms with van der Waals surface area (Å²) in [6, 6.07) is 22.1. The highest BCUT2D eigenvalue weighted by Gasteiger charge is 2.42. The van der Waals surface area contributed by atoms with Crippen molar-refractivity contribution < 1.29 is 14.2 Å². The average Bonchev–Trinajstić information content (AvgIpc) is 3.35. The number of benzene rings is 3. The number of rotatable bonds is 4. The molecule has 3 aromatic carbocycles. The highest BCUT2D eigenvalue weighted by Crippen LogP contribution is 2.52. The van der Waals surface area contributed by atoms with Crippen LogP contribution in [0.4, 0.5) is 5.95 Å². The summed E-state index contributed by atoms with van der Waals surface area (Å²) < 4.78 is 19.9. The summed E-state index contributed by atoms with van der Waals surface area (Å²) >= 11 is 0. The monoisotopic (exact) mass is 452 g/mol. The number of nitrogens with zero attached hydrogens (tertiary/aromatic N) is 3. The van der Waals surface area contributed by atoms with Crippen LogP contribution < -0.4 is 19.5 Å². The number of anilines is 1. The van der Waals surface area contributed by atoms with Gasteiger partial charge in [-0.3, -0.25) is 0 Å². The lowest BCUT2D eigenvalue weighted by Gasteiger charge is -2.39. The number of nitrogens with one attached hydrogen (secondary N) is 1. The summed E-state index contributed by atoms with van der Waals surface area (Å²) in [6.07, 6.45) is 1.17. The van der Waals surface area contributed by atoms with E-state index < -0.39 is 6.10 Å². The largest absolute Gasteiger partial charge is 0.497 e. The van der Waals surface area contributed by atoms with Gasteiger partial charge < -0.3 is 19.5 Å². The maximum atomic E-state index is 6.71. The number of aryl methyl sites for hydroxylation is 1. The van der Waals surface area contributed by atoms with Crippen molar-refractivity contribution >= 4 is 11.6 Å². The van der Waals surface area contributed by atoms with E-state index in [9.17, 15) is 0 Å². The van der Waals surface area contributed by atoms with E-state index in [4.69, 9.17) is 14.2 Å². The molecular formula is C27H24N4O3. The Morgan fingerprint density at radius 2 is 1.76 bits per heavy atom. The van der Waals surface area contributed by atoms with Crippen molar-refractivity contribution in [2.45, 2.75) is 19.1 Å². The zero-order valence-electron chi connectivity index (χ0n) is 19.1. The zero-order valence-corrected chi connectivity index (χ0v) is 19.1. The van der Waals surface area contributed by atoms with Crippen LogP contribution in [0.15, 0.2) is 78.6 Å². The molecule has 0 saturated carbocycles. The summed E-state index contributed by atoms with van der Waals surface area (Å²) in [4.78, 5) is 4.50. The van der Waals surface area contributed by atoms with E-state index >= 15 is 0 Å². The summed E-state index contributed by atoms with van der Waals surface area (Å²) in [5.41, 5.74) is 6.25. The number of hydrogen-bond donors (Lipinski definition) is 1. The van der Waals surface area contributed by atoms with Gasteiger partial charge in [-0.25, -0.2) is 4.68 Å². The minimum atomic E-state index is -0.416. The summed E-state index contributed by atoms with van der Waals surface area (Å²) in [5, 5.41) is 8.14. The second-order valence-corrected chi connectivity index (χ2v) is 8.34. The molecule has 1 aromatic heterocycles. The van der Waals surface area contributed by atoms with Crippen LogP contribution in [-0.4, -0.2) is 29.0 Å². The van der Waals surface area contributed by atoms with Crippen molar-refractivity contribution in [3.05, 3.63) is 101 Å². The van der Waals surface area contributed by atoms with E-state index in [1.807, 2.05) is 47.1 Å². The molecule has 7 nitrogen and oxygen atoms in total. The van der Waals surface area contributed by atoms with Crippen LogP contribution in [0.5, 0.6) is 17.2 Å². The van der Waals surface area contributed by atoms with Crippen LogP contribution >= 0.6 is 0 Å². The van der Waals surface area contributed by atoms with Gasteiger partial charge in [0, 0.05) is 22.8 Å². The first kappa shape index (κ1) is 20.4. The van der Waals surface area contributed by atoms with Crippen LogP contribution in [0.2, 0.25) is 0 Å². The van der Waals surface area contributed by atoms with Gasteiger partial charge in [0.05, 0.1) is 19.9 Å². The van der Waals surface area contributed by atoms with Crippen molar-refractivity contribution in [2.75, 3.05) is 19.5 Å². The highest BCUT2D eigenvalue weighted by atomic mass is 16.5. The van der Waals surface area contributed by atoms with Crippen molar-refractivity contribution in [3.63, 3.8) is 0 Å². The Hall–Kier alpha value is -4.26. The summed E-state index contributed by atoms with van der Waals surface area (Å²) in [5.74, 6) is 2.92. The maximum absolute atomic E-state index is 6.71. The predicted molar refractivity (Wildman–Crippen MR) is 129 cm³/mol. The third kappa shape index (κ3) is 3.04. The van der Waals surface area contributed by atoms with E-state index in [2.05, 4.69) is 46.6 Å². The van der Waals surface area contributed by atoms with Crippen molar-refractivity contribution in [1.29, 1.82) is 0 Å². The topological polar surface area (TPSA) is 70.4 Å². The third-order valence-corrected chi connectivity index (χ3v) is 6.53. The van der Waals surface area contributed by atoms with Crippen LogP contribution in [0, 0.1) is 6.92 Å². The molecule has 0 amide bonds. The first-order chi connectivity index (χ1) is 16.7. The lowest BCUT2D eigenvalue weighted by Crippen LogP contribution is -2.32. The molecule has 2 atom stereocenters. The van der Waals surface area contributed by atoms with E-state index in [-0.39, 0.29) is 6.04 Å². The molecule has 2 aliphatic rings. The number of hydrogen-bond acceptors (Lipinski definition) is 6. The lowest BCUT2D eigenvalue weighted by molar-refractivity contribution is 0.217. The number of fused-ring (bicyclic) bond motifs is 3. The van der Waals surface area contributed by atoms with Crippen LogP contribution in [-0.2, 0) is 0 Å². The van der Waals surface area contributed by atoms with Gasteiger partial charge in [0.1, 0.15) is 29.6 Å². The fourth-order valence-electron chi connectivity index (χ4n) is 4.90. The zero-order chi connectivity index (χ0) is 23.2. The van der Waals surface area contributed by atoms with Gasteiger partial charge in [-0.05, 0) is 42.3 Å². The minimum absolute atomic E-state index is 0.208. The molecular weight excluding hydrogens is 428 g/mol. The van der Waals surface area contributed by atoms with E-state index in [1.54, 1.807) is 20.5 Å². The molecule has 7 heteroatoms. The standard InChI is InChI=1S/C27H24N4O3/c1-16-8-4-5-9-18(16)25-23-24(30-27-28-15-29-31(25)27)19-10-6-7-11-21(19)34-26(23)20-13-12-17(32-2)14-22(20)33-3/h4-15,25-26H,1-3H3,(H,28,29,30)/t25-,26-/m1/s1. The molecule has 3 heterocycles. The Morgan fingerprint density at radius 1 is 0.941 bits per heavy atom. The average molecular weight is 453 g/mol. The van der Waals surface area contributed by atoms with E-state index in [0.717, 1.165) is 39.5 Å². The minimum Gasteiger partial charge on any atom is -0.497 e. The van der Waals surface area contributed by atoms with Crippen LogP contribution in [0.3, 0.4) is 0 Å². The molecule has 0 fully saturated rings. The van der Waals surface area contributed by atoms with Crippen LogP contribution in [0.25, 0.3) is 5.70 Å². The summed E-state index contributed by atoms with van der Waals surface area (Å²) in [7, 11) is 3.31. The van der Waals surface area contributed by atoms with Gasteiger partial charge in [-0.15, -0.1) is 0 Å². The van der Waals surface area contributed by atoms with Crippen molar-refractivity contribution in [3.8, 4) is 17.2 Å². The van der Waals surface area contributed by atoms with Gasteiger partial charge in [0.15, 0.2) is 6.10 Å². The summed E-state index contributed by atoms with van der Waals surface area (Å²) in [6.45, 7) is 2.12. The molecule has 0 aliphatic carbocycles. The number of aromatic nitrogens is 3. The number of methoxy groups -OCH3 is 2. The fraction of sp³-hybridized carbons (Fsp3) is 0.185. The Labute approximate surface area is 197 Å². The van der Waals surface area contributed by atoms with Gasteiger partial charge in [0.25, 0.3) is 0 Å². The SMILES string of the molecule is COc1ccc([C@H]2Oc3ccccc3C3=C2[C@@H](c2ccccc2C)n2ncnc2N3)c(OC)c1. The molecule has 4 aromatic rings. The quantitative estimate of drug-likeness (QED) is 0.461. The normalized spacial score (nSPS) is 18.2. The lowest BCUT2D eigenvalue weighted by atomic mass is 9.83. The maximum Gasteiger partial charge on any atom is 0.226 e. The fourth-order valence-corrected chi connectivity index (χ4v) is 4.90. The molecule has 6 rings (SSSR count). The predicted octanol–water partition coefficient (Wildman–Crippen LogP) is 5.16. The van der Waals surface area contributed by atoms with Gasteiger partial charge in [0.2, 0.25) is 5.95 Å². The van der Waals surface area contributed by atoms with Gasteiger partial charge in [-0.1, -0.05) is 36.4 Å². The molecule has 0 unspecified atom stereocenters. The Bertz CT molecular complexity index is 1420. The molecule has 0 radical (unpaired) electrons. The second-order valence-electron chi connectivity index (χ2n) is 8.34. The molecule has 2 aliphatic heterocycles. The van der Waals surface area contributed by atoms with E-state index in [0.29, 0.717) is 11.7 Å². The second kappa shape index (κ2) is 7.95. The molecule has 0 spiro atoms. The first-order valence-electron chi connectivity index (χ1n) is 11.1. The van der Waals surface area contributed by atoms with Gasteiger partial charge in [-0.2, -0.15) is 10.1 Å². The molecule has 170 valence electrons. The molecule has 1 N–H and O–H groups in total. The van der Waals surface area contributed by atoms with Crippen molar-refractivity contribution in [1.82, 2.24) is 14.8 Å².